The number of alkyl carbamates (subject to hydrolysis) is 1. The van der Waals surface area contributed by atoms with Gasteiger partial charge in [-0.2, -0.15) is 0 Å². The number of anilines is 1. The van der Waals surface area contributed by atoms with Crippen LogP contribution in [0.1, 0.15) is 62.6 Å². The molecule has 5 aromatic rings. The predicted molar refractivity (Wildman–Crippen MR) is 262 cm³/mol. The molecule has 0 saturated heterocycles. The number of fused-ring (bicyclic) bond motifs is 4. The zero-order chi connectivity index (χ0) is 49.5. The molecule has 0 saturated carbocycles. The Bertz CT molecular complexity index is 2560. The number of ether oxygens (including phenoxy) is 4. The van der Waals surface area contributed by atoms with Gasteiger partial charge in [-0.15, -0.1) is 0 Å². The Morgan fingerprint density at radius 2 is 1.52 bits per heavy atom. The highest BCUT2D eigenvalue weighted by atomic mass is 16.6. The number of benzene rings is 3. The van der Waals surface area contributed by atoms with E-state index < -0.39 is 41.9 Å². The molecule has 6 amide bonds. The molecular weight excluding hydrogens is 887 g/mol. The number of aromatic nitrogens is 2. The fraction of sp³-hybridized carbons (Fsp3) is 0.469. The first-order valence-corrected chi connectivity index (χ1v) is 23.4. The van der Waals surface area contributed by atoms with E-state index in [1.807, 2.05) is 0 Å². The van der Waals surface area contributed by atoms with E-state index in [2.05, 4.69) is 103 Å². The van der Waals surface area contributed by atoms with E-state index >= 15 is 0 Å². The second-order valence-electron chi connectivity index (χ2n) is 16.9. The Labute approximate surface area is 401 Å². The van der Waals surface area contributed by atoms with Crippen LogP contribution in [0.3, 0.4) is 0 Å². The number of pyridine rings is 1. The number of carbonyl (C=O) groups is 5. The molecule has 2 unspecified atom stereocenters. The van der Waals surface area contributed by atoms with Crippen LogP contribution in [0.2, 0.25) is 0 Å². The first-order valence-electron chi connectivity index (χ1n) is 23.4. The Balaban J connectivity index is 1.01. The maximum Gasteiger partial charge on any atom is 0.407 e. The number of azide groups is 1. The quantitative estimate of drug-likeness (QED) is 0.00995. The number of aryl methyl sites for hydroxylation is 3. The molecule has 0 bridgehead atoms. The molecule has 3 aromatic carbocycles. The molecular formula is C49H66N11O9+. The van der Waals surface area contributed by atoms with Crippen molar-refractivity contribution in [3.63, 3.8) is 0 Å². The number of carbonyl (C=O) groups excluding carboxylic acids is 5. The number of aromatic amines is 1. The summed E-state index contributed by atoms with van der Waals surface area (Å²) in [6, 6.07) is 14.6. The number of para-hydroxylation sites is 1. The third kappa shape index (κ3) is 16.6. The molecule has 0 aliphatic rings. The van der Waals surface area contributed by atoms with Crippen molar-refractivity contribution in [1.82, 2.24) is 26.3 Å². The second-order valence-corrected chi connectivity index (χ2v) is 16.9. The van der Waals surface area contributed by atoms with Crippen molar-refractivity contribution in [2.45, 2.75) is 85.0 Å². The number of H-pyrrole nitrogens is 1. The topological polar surface area (TPSA) is 277 Å². The van der Waals surface area contributed by atoms with Gasteiger partial charge in [-0.1, -0.05) is 49.3 Å². The van der Waals surface area contributed by atoms with Crippen molar-refractivity contribution >= 4 is 68.1 Å². The maximum atomic E-state index is 13.5. The lowest BCUT2D eigenvalue weighted by Gasteiger charge is -2.25. The van der Waals surface area contributed by atoms with Crippen molar-refractivity contribution in [1.29, 1.82) is 0 Å². The first-order chi connectivity index (χ1) is 33.4. The monoisotopic (exact) mass is 953 g/mol. The second kappa shape index (κ2) is 27.7. The van der Waals surface area contributed by atoms with Crippen molar-refractivity contribution < 1.29 is 47.5 Å². The lowest BCUT2D eigenvalue weighted by molar-refractivity contribution is -0.696. The minimum absolute atomic E-state index is 0.0206. The molecule has 2 heterocycles. The molecule has 5 rings (SSSR count). The van der Waals surface area contributed by atoms with Crippen LogP contribution in [-0.4, -0.2) is 106 Å². The Kier molecular flexibility index (Phi) is 21.3. The molecule has 0 aliphatic carbocycles. The van der Waals surface area contributed by atoms with Gasteiger partial charge in [-0.25, -0.2) is 14.2 Å². The van der Waals surface area contributed by atoms with Gasteiger partial charge < -0.3 is 56.2 Å². The number of primary amides is 1. The Morgan fingerprint density at radius 1 is 0.797 bits per heavy atom. The molecule has 69 heavy (non-hydrogen) atoms. The van der Waals surface area contributed by atoms with Gasteiger partial charge in [0, 0.05) is 64.4 Å². The van der Waals surface area contributed by atoms with Gasteiger partial charge >= 0.3 is 12.1 Å². The van der Waals surface area contributed by atoms with Gasteiger partial charge in [0.2, 0.25) is 17.7 Å². The van der Waals surface area contributed by atoms with Gasteiger partial charge in [0.05, 0.1) is 38.6 Å². The third-order valence-corrected chi connectivity index (χ3v) is 11.5. The number of unbranched alkanes of at least 4 members (excludes halogenated alkanes) is 2. The summed E-state index contributed by atoms with van der Waals surface area (Å²) in [7, 11) is 0. The fourth-order valence-electron chi connectivity index (χ4n) is 7.84. The van der Waals surface area contributed by atoms with Crippen LogP contribution in [0.15, 0.2) is 72.1 Å². The fourth-order valence-corrected chi connectivity index (χ4v) is 7.84. The number of hydrogen-bond donors (Lipinski definition) is 7. The molecule has 370 valence electrons. The Morgan fingerprint density at radius 3 is 2.26 bits per heavy atom. The minimum atomic E-state index is -1.03. The number of nitrogens with one attached hydrogen (secondary N) is 6. The first kappa shape index (κ1) is 53.0. The van der Waals surface area contributed by atoms with Crippen LogP contribution in [0.25, 0.3) is 43.0 Å². The summed E-state index contributed by atoms with van der Waals surface area (Å²) in [4.78, 5) is 69.7. The van der Waals surface area contributed by atoms with Crippen LogP contribution in [0, 0.1) is 19.8 Å². The average molecular weight is 953 g/mol. The highest BCUT2D eigenvalue weighted by Gasteiger charge is 2.29. The van der Waals surface area contributed by atoms with E-state index in [-0.39, 0.29) is 58.5 Å². The zero-order valence-electron chi connectivity index (χ0n) is 39.9. The molecule has 20 nitrogen and oxygen atoms in total. The van der Waals surface area contributed by atoms with Gasteiger partial charge in [-0.05, 0) is 91.3 Å². The molecule has 8 N–H and O–H groups in total. The highest BCUT2D eigenvalue weighted by Crippen LogP contribution is 2.35. The lowest BCUT2D eigenvalue weighted by Crippen LogP contribution is -2.55. The summed E-state index contributed by atoms with van der Waals surface area (Å²) in [6.45, 7) is 10.6. The molecule has 0 spiro atoms. The SMILES string of the molecule is Cc1c2cc[n+](CCCCCNC(=O)OCc3ccc(NC(=O)C(CCCNC(N)=O)NC(=O)C(NC(=O)COCCOCCOCCN=[N+]=[N-])C(C)C)cc3)cc2c(C)c2c1[nH]c1ccccc12. The van der Waals surface area contributed by atoms with E-state index in [4.69, 9.17) is 30.2 Å². The van der Waals surface area contributed by atoms with Gasteiger partial charge in [0.25, 0.3) is 0 Å². The minimum Gasteiger partial charge on any atom is -0.445 e. The van der Waals surface area contributed by atoms with Crippen LogP contribution in [-0.2, 0) is 46.5 Å². The number of nitrogens with two attached hydrogens (primary N) is 1. The lowest BCUT2D eigenvalue weighted by atomic mass is 9.97. The molecule has 0 fully saturated rings. The van der Waals surface area contributed by atoms with Gasteiger partial charge in [0.1, 0.15) is 31.8 Å². The Hall–Kier alpha value is -6.99. The van der Waals surface area contributed by atoms with Crippen LogP contribution in [0.5, 0.6) is 0 Å². The number of nitrogens with zero attached hydrogens (tertiary/aromatic N) is 4. The van der Waals surface area contributed by atoms with E-state index in [1.54, 1.807) is 38.1 Å². The standard InChI is InChI=1S/C49H65N11O9/c1-32(2)44(58-42(61)31-68-28-27-67-26-25-66-24-21-54-59-51)47(63)57-41(13-10-20-52-48(50)64)46(62)55-36-16-14-35(15-17-36)30-69-49(65)53-19-8-5-9-22-60-23-18-37-34(4)45-43(33(3)39(37)29-60)38-11-6-7-12-40(38)56-45/h6-7,11-12,14-18,23,29,32,41,44H,5,8-10,13,19-22,24-28,30-31H2,1-4H3,(H7,50,52,53,55,57,58,61,62,63,64,65)/p+1. The van der Waals surface area contributed by atoms with E-state index in [1.165, 1.54) is 38.2 Å². The van der Waals surface area contributed by atoms with Crippen LogP contribution >= 0.6 is 0 Å². The zero-order valence-corrected chi connectivity index (χ0v) is 39.9. The predicted octanol–water partition coefficient (Wildman–Crippen LogP) is 5.85. The van der Waals surface area contributed by atoms with Crippen molar-refractivity contribution in [3.05, 3.63) is 94.1 Å². The van der Waals surface area contributed by atoms with E-state index in [9.17, 15) is 24.0 Å². The summed E-state index contributed by atoms with van der Waals surface area (Å²) in [5, 5.41) is 21.9. The molecule has 0 aliphatic heterocycles. The van der Waals surface area contributed by atoms with Crippen LogP contribution < -0.4 is 36.9 Å². The number of rotatable bonds is 29. The summed E-state index contributed by atoms with van der Waals surface area (Å²) < 4.78 is 23.7. The summed E-state index contributed by atoms with van der Waals surface area (Å²) in [5.41, 5.74) is 19.4. The van der Waals surface area contributed by atoms with Gasteiger partial charge in [0.15, 0.2) is 12.4 Å². The smallest absolute Gasteiger partial charge is 0.407 e. The normalized spacial score (nSPS) is 12.1. The van der Waals surface area contributed by atoms with E-state index in [0.29, 0.717) is 37.4 Å². The maximum absolute atomic E-state index is 13.5. The molecule has 2 aromatic heterocycles. The summed E-state index contributed by atoms with van der Waals surface area (Å²) in [5.74, 6) is -1.96. The van der Waals surface area contributed by atoms with Gasteiger partial charge in [-0.3, -0.25) is 14.4 Å². The third-order valence-electron chi connectivity index (χ3n) is 11.5. The number of hydrogen-bond acceptors (Lipinski definition) is 10. The van der Waals surface area contributed by atoms with Crippen LogP contribution in [0.4, 0.5) is 15.3 Å². The summed E-state index contributed by atoms with van der Waals surface area (Å²) in [6.07, 6.45) is 7.01. The van der Waals surface area contributed by atoms with Crippen molar-refractivity contribution in [2.24, 2.45) is 16.8 Å². The molecule has 2 atom stereocenters. The summed E-state index contributed by atoms with van der Waals surface area (Å²) >= 11 is 0. The van der Waals surface area contributed by atoms with Crippen molar-refractivity contribution in [2.75, 3.05) is 64.6 Å². The molecule has 20 heteroatoms. The van der Waals surface area contributed by atoms with Crippen molar-refractivity contribution in [3.8, 4) is 0 Å². The highest BCUT2D eigenvalue weighted by molar-refractivity contribution is 6.16. The number of amides is 6. The molecule has 0 radical (unpaired) electrons. The average Bonchev–Trinajstić information content (AvgIpc) is 3.73. The largest absolute Gasteiger partial charge is 0.445 e. The van der Waals surface area contributed by atoms with E-state index in [0.717, 1.165) is 31.3 Å². The number of urea groups is 1.